The van der Waals surface area contributed by atoms with Gasteiger partial charge in [0.2, 0.25) is 0 Å². The smallest absolute Gasteiger partial charge is 0.187 e. The van der Waals surface area contributed by atoms with E-state index in [0.29, 0.717) is 0 Å². The monoisotopic (exact) mass is 454 g/mol. The lowest BCUT2D eigenvalue weighted by Gasteiger charge is -2.47. The van der Waals surface area contributed by atoms with Gasteiger partial charge >= 0.3 is 0 Å². The van der Waals surface area contributed by atoms with E-state index in [1.54, 1.807) is 0 Å². The summed E-state index contributed by atoms with van der Waals surface area (Å²) < 4.78 is 22.5. The number of nitrogens with two attached hydrogens (primary N) is 4. The molecule has 2 saturated heterocycles. The van der Waals surface area contributed by atoms with Crippen molar-refractivity contribution >= 4 is 0 Å². The van der Waals surface area contributed by atoms with Crippen LogP contribution in [-0.4, -0.2) is 129 Å². The van der Waals surface area contributed by atoms with Gasteiger partial charge in [0.25, 0.3) is 0 Å². The summed E-state index contributed by atoms with van der Waals surface area (Å²) in [6.07, 6.45) is -13.8. The molecule has 0 aromatic carbocycles. The Morgan fingerprint density at radius 3 is 1.87 bits per heavy atom. The Hall–Kier alpha value is -0.560. The second-order valence-electron chi connectivity index (χ2n) is 8.30. The Labute approximate surface area is 178 Å². The second-order valence-corrected chi connectivity index (χ2v) is 8.30. The molecule has 0 aromatic heterocycles. The molecule has 14 atom stereocenters. The Kier molecular flexibility index (Phi) is 8.21. The summed E-state index contributed by atoms with van der Waals surface area (Å²) in [5.74, 6) is 0. The molecule has 182 valence electrons. The largest absolute Gasteiger partial charge is 0.394 e. The van der Waals surface area contributed by atoms with Crippen LogP contribution in [0.4, 0.5) is 0 Å². The average molecular weight is 454 g/mol. The van der Waals surface area contributed by atoms with Crippen molar-refractivity contribution in [1.29, 1.82) is 0 Å². The third-order valence-electron chi connectivity index (χ3n) is 6.13. The normalized spacial score (nSPS) is 53.6. The van der Waals surface area contributed by atoms with E-state index >= 15 is 0 Å². The van der Waals surface area contributed by atoms with Crippen molar-refractivity contribution in [1.82, 2.24) is 0 Å². The highest BCUT2D eigenvalue weighted by Crippen LogP contribution is 2.31. The van der Waals surface area contributed by atoms with Gasteiger partial charge < -0.3 is 72.5 Å². The van der Waals surface area contributed by atoms with Crippen LogP contribution in [0.1, 0.15) is 6.42 Å². The zero-order valence-electron chi connectivity index (χ0n) is 16.8. The number of ether oxygens (including phenoxy) is 4. The summed E-state index contributed by atoms with van der Waals surface area (Å²) in [4.78, 5) is 0. The molecule has 0 amide bonds. The summed E-state index contributed by atoms with van der Waals surface area (Å²) in [5, 5.41) is 60.2. The van der Waals surface area contributed by atoms with Gasteiger partial charge in [0.1, 0.15) is 48.8 Å². The van der Waals surface area contributed by atoms with Gasteiger partial charge in [0.05, 0.1) is 18.8 Å². The van der Waals surface area contributed by atoms with Gasteiger partial charge in [-0.05, 0) is 6.42 Å². The third-order valence-corrected chi connectivity index (χ3v) is 6.13. The minimum Gasteiger partial charge on any atom is -0.394 e. The van der Waals surface area contributed by atoms with Gasteiger partial charge in [0.15, 0.2) is 12.6 Å². The molecular formula is C17H34N4O10. The Morgan fingerprint density at radius 1 is 0.710 bits per heavy atom. The van der Waals surface area contributed by atoms with Crippen molar-refractivity contribution in [3.63, 3.8) is 0 Å². The predicted octanol–water partition coefficient (Wildman–Crippen LogP) is -6.65. The van der Waals surface area contributed by atoms with Gasteiger partial charge in [-0.25, -0.2) is 0 Å². The highest BCUT2D eigenvalue weighted by atomic mass is 16.7. The maximum Gasteiger partial charge on any atom is 0.187 e. The molecule has 14 nitrogen and oxygen atoms in total. The van der Waals surface area contributed by atoms with E-state index in [2.05, 4.69) is 0 Å². The van der Waals surface area contributed by atoms with E-state index in [1.807, 2.05) is 0 Å². The summed E-state index contributed by atoms with van der Waals surface area (Å²) in [5.41, 5.74) is 23.6. The van der Waals surface area contributed by atoms with Crippen LogP contribution in [0.15, 0.2) is 0 Å². The number of aliphatic hydroxyl groups excluding tert-OH is 6. The minimum atomic E-state index is -1.51. The lowest BCUT2D eigenvalue weighted by molar-refractivity contribution is -0.306. The first-order valence-electron chi connectivity index (χ1n) is 10.2. The van der Waals surface area contributed by atoms with Crippen LogP contribution in [0, 0.1) is 0 Å². The Morgan fingerprint density at radius 2 is 1.29 bits per heavy atom. The first kappa shape index (κ1) is 25.1. The Balaban J connectivity index is 1.78. The van der Waals surface area contributed by atoms with Gasteiger partial charge in [-0.1, -0.05) is 0 Å². The van der Waals surface area contributed by atoms with Crippen LogP contribution in [0.3, 0.4) is 0 Å². The quantitative estimate of drug-likeness (QED) is 0.179. The fraction of sp³-hybridized carbons (Fsp3) is 1.00. The van der Waals surface area contributed by atoms with Crippen LogP contribution in [0.2, 0.25) is 0 Å². The van der Waals surface area contributed by atoms with E-state index in [0.717, 1.165) is 0 Å². The summed E-state index contributed by atoms with van der Waals surface area (Å²) in [7, 11) is 0. The topological polar surface area (TPSA) is 262 Å². The van der Waals surface area contributed by atoms with Crippen molar-refractivity contribution in [2.45, 2.75) is 92.1 Å². The third kappa shape index (κ3) is 4.87. The van der Waals surface area contributed by atoms with Gasteiger partial charge in [-0.2, -0.15) is 0 Å². The molecule has 14 heteroatoms. The highest BCUT2D eigenvalue weighted by molar-refractivity contribution is 5.01. The van der Waals surface area contributed by atoms with Crippen LogP contribution in [-0.2, 0) is 18.9 Å². The number of hydrogen-bond donors (Lipinski definition) is 10. The number of hydrogen-bond acceptors (Lipinski definition) is 14. The molecule has 2 heterocycles. The lowest BCUT2D eigenvalue weighted by Crippen LogP contribution is -2.68. The molecule has 14 N–H and O–H groups in total. The predicted molar refractivity (Wildman–Crippen MR) is 102 cm³/mol. The van der Waals surface area contributed by atoms with Crippen LogP contribution in [0.25, 0.3) is 0 Å². The van der Waals surface area contributed by atoms with Crippen LogP contribution >= 0.6 is 0 Å². The second kappa shape index (κ2) is 10.1. The molecule has 0 aromatic rings. The van der Waals surface area contributed by atoms with Gasteiger partial charge in [-0.15, -0.1) is 0 Å². The molecule has 0 radical (unpaired) electrons. The molecule has 0 unspecified atom stereocenters. The number of rotatable bonds is 6. The van der Waals surface area contributed by atoms with Crippen molar-refractivity contribution in [2.24, 2.45) is 22.9 Å². The van der Waals surface area contributed by atoms with E-state index < -0.39 is 92.2 Å². The van der Waals surface area contributed by atoms with E-state index in [4.69, 9.17) is 41.9 Å². The molecule has 3 fully saturated rings. The lowest BCUT2D eigenvalue weighted by atomic mass is 9.84. The van der Waals surface area contributed by atoms with E-state index in [9.17, 15) is 30.6 Å². The molecule has 0 bridgehead atoms. The standard InChI is InChI=1S/C17H34N4O10/c18-2-6-10(24)12(26)8(21)16(28-6)30-14-5(20)1-4(19)9(23)15(14)31-17-13(27)11(25)7(3-22)29-17/h4-17,22-27H,1-3,18-21H2/t4-,5+,6-,7+,8+,9-,10+,11-,12-,13-,14+,15-,16+,17-/m0/s1. The zero-order valence-corrected chi connectivity index (χ0v) is 16.8. The SMILES string of the molecule is NC[C@@H]1O[C@H](O[C@H]2[C@@H](O[C@@H]3O[C@H](CO)[C@H](O)[C@@H]3O)[C@@H](O)[C@@H](N)C[C@H]2N)[C@H](N)[C@H](O)[C@@H]1O. The summed E-state index contributed by atoms with van der Waals surface area (Å²) in [6.45, 7) is -0.673. The molecule has 31 heavy (non-hydrogen) atoms. The summed E-state index contributed by atoms with van der Waals surface area (Å²) >= 11 is 0. The highest BCUT2D eigenvalue weighted by Gasteiger charge is 2.52. The van der Waals surface area contributed by atoms with Gasteiger partial charge in [-0.3, -0.25) is 0 Å². The van der Waals surface area contributed by atoms with Crippen molar-refractivity contribution in [2.75, 3.05) is 13.2 Å². The zero-order chi connectivity index (χ0) is 23.0. The fourth-order valence-electron chi connectivity index (χ4n) is 4.16. The molecule has 2 aliphatic heterocycles. The number of aliphatic hydroxyl groups is 6. The first-order valence-corrected chi connectivity index (χ1v) is 10.2. The van der Waals surface area contributed by atoms with Crippen LogP contribution in [0.5, 0.6) is 0 Å². The first-order chi connectivity index (χ1) is 14.6. The van der Waals surface area contributed by atoms with Crippen molar-refractivity contribution in [3.05, 3.63) is 0 Å². The van der Waals surface area contributed by atoms with Crippen molar-refractivity contribution < 1.29 is 49.6 Å². The van der Waals surface area contributed by atoms with Crippen molar-refractivity contribution in [3.8, 4) is 0 Å². The molecule has 0 spiro atoms. The molecule has 3 rings (SSSR count). The van der Waals surface area contributed by atoms with Crippen LogP contribution < -0.4 is 22.9 Å². The minimum absolute atomic E-state index is 0.114. The van der Waals surface area contributed by atoms with Gasteiger partial charge in [0, 0.05) is 18.6 Å². The molecule has 3 aliphatic rings. The van der Waals surface area contributed by atoms with E-state index in [1.165, 1.54) is 0 Å². The maximum atomic E-state index is 10.6. The molecule has 1 saturated carbocycles. The fourth-order valence-corrected chi connectivity index (χ4v) is 4.16. The Bertz CT molecular complexity index is 591. The van der Waals surface area contributed by atoms with E-state index in [-0.39, 0.29) is 13.0 Å². The molecular weight excluding hydrogens is 420 g/mol. The molecule has 1 aliphatic carbocycles. The maximum absolute atomic E-state index is 10.6. The average Bonchev–Trinajstić information content (AvgIpc) is 3.02. The summed E-state index contributed by atoms with van der Waals surface area (Å²) in [6, 6.07) is -2.72.